The number of benzene rings is 1. The van der Waals surface area contributed by atoms with Gasteiger partial charge in [0.05, 0.1) is 11.7 Å². The predicted octanol–water partition coefficient (Wildman–Crippen LogP) is 3.48. The molecule has 0 radical (unpaired) electrons. The summed E-state index contributed by atoms with van der Waals surface area (Å²) in [5, 5.41) is 9.01. The van der Waals surface area contributed by atoms with Crippen LogP contribution in [0.1, 0.15) is 30.9 Å². The summed E-state index contributed by atoms with van der Waals surface area (Å²) in [5.41, 5.74) is 10.5. The van der Waals surface area contributed by atoms with Crippen LogP contribution in [0.2, 0.25) is 0 Å². The van der Waals surface area contributed by atoms with E-state index in [1.807, 2.05) is 28.5 Å². The fraction of sp³-hybridized carbons (Fsp3) is 0.345. The van der Waals surface area contributed by atoms with Crippen LogP contribution in [0.4, 0.5) is 16.2 Å². The van der Waals surface area contributed by atoms with Crippen molar-refractivity contribution in [3.05, 3.63) is 84.6 Å². The van der Waals surface area contributed by atoms with Gasteiger partial charge in [0.2, 0.25) is 5.95 Å². The zero-order valence-electron chi connectivity index (χ0n) is 22.4. The molecule has 1 atom stereocenters. The average Bonchev–Trinajstić information content (AvgIpc) is 3.48. The van der Waals surface area contributed by atoms with E-state index in [0.717, 1.165) is 72.2 Å². The highest BCUT2D eigenvalue weighted by molar-refractivity contribution is 5.77. The summed E-state index contributed by atoms with van der Waals surface area (Å²) in [7, 11) is 0. The second kappa shape index (κ2) is 9.67. The molecule has 1 saturated carbocycles. The van der Waals surface area contributed by atoms with E-state index in [9.17, 15) is 4.39 Å². The second-order valence-electron chi connectivity index (χ2n) is 11.0. The molecule has 5 heterocycles. The molecular formula is C29H31FN10. The normalized spacial score (nSPS) is 17.4. The third kappa shape index (κ3) is 4.66. The Hall–Kier alpha value is -4.38. The Morgan fingerprint density at radius 2 is 1.60 bits per heavy atom. The van der Waals surface area contributed by atoms with Crippen LogP contribution in [0.15, 0.2) is 67.6 Å². The van der Waals surface area contributed by atoms with Crippen molar-refractivity contribution in [3.63, 3.8) is 0 Å². The van der Waals surface area contributed by atoms with Gasteiger partial charge in [0, 0.05) is 74.2 Å². The van der Waals surface area contributed by atoms with Crippen LogP contribution in [0.5, 0.6) is 0 Å². The van der Waals surface area contributed by atoms with Crippen molar-refractivity contribution < 1.29 is 4.39 Å². The molecular weight excluding hydrogens is 507 g/mol. The Labute approximate surface area is 231 Å². The first-order valence-corrected chi connectivity index (χ1v) is 13.7. The SMILES string of the molecule is CC(N)(c1ccc(F)cc1)c1cnc(N2CCN(c3ncnn4cc(-c5cnn(CC6CC6)c5)cc34)CC2)nc1. The lowest BCUT2D eigenvalue weighted by atomic mass is 9.87. The van der Waals surface area contributed by atoms with Gasteiger partial charge in [0.15, 0.2) is 5.82 Å². The average molecular weight is 539 g/mol. The van der Waals surface area contributed by atoms with Gasteiger partial charge in [0.25, 0.3) is 0 Å². The van der Waals surface area contributed by atoms with Crippen LogP contribution in [0, 0.1) is 11.7 Å². The minimum absolute atomic E-state index is 0.290. The summed E-state index contributed by atoms with van der Waals surface area (Å²) in [6, 6.07) is 8.37. The summed E-state index contributed by atoms with van der Waals surface area (Å²) in [6.07, 6.45) is 13.9. The number of rotatable bonds is 7. The maximum absolute atomic E-state index is 13.4. The molecule has 4 aromatic heterocycles. The van der Waals surface area contributed by atoms with E-state index in [4.69, 9.17) is 5.73 Å². The third-order valence-electron chi connectivity index (χ3n) is 8.04. The summed E-state index contributed by atoms with van der Waals surface area (Å²) in [6.45, 7) is 5.95. The van der Waals surface area contributed by atoms with E-state index in [2.05, 4.69) is 47.2 Å². The van der Waals surface area contributed by atoms with E-state index in [0.29, 0.717) is 5.95 Å². The van der Waals surface area contributed by atoms with Crippen molar-refractivity contribution in [2.45, 2.75) is 31.8 Å². The van der Waals surface area contributed by atoms with Gasteiger partial charge in [-0.25, -0.2) is 23.9 Å². The zero-order valence-corrected chi connectivity index (χ0v) is 22.4. The smallest absolute Gasteiger partial charge is 0.225 e. The van der Waals surface area contributed by atoms with E-state index in [1.54, 1.807) is 30.9 Å². The molecule has 5 aromatic rings. The largest absolute Gasteiger partial charge is 0.351 e. The molecule has 10 nitrogen and oxygen atoms in total. The highest BCUT2D eigenvalue weighted by Gasteiger charge is 2.27. The lowest BCUT2D eigenvalue weighted by molar-refractivity contribution is 0.563. The van der Waals surface area contributed by atoms with Gasteiger partial charge < -0.3 is 15.5 Å². The van der Waals surface area contributed by atoms with Crippen LogP contribution >= 0.6 is 0 Å². The summed E-state index contributed by atoms with van der Waals surface area (Å²) in [4.78, 5) is 18.4. The molecule has 2 fully saturated rings. The lowest BCUT2D eigenvalue weighted by Gasteiger charge is -2.35. The van der Waals surface area contributed by atoms with Crippen LogP contribution in [-0.2, 0) is 12.1 Å². The van der Waals surface area contributed by atoms with E-state index in [1.165, 1.54) is 25.0 Å². The number of nitrogens with two attached hydrogens (primary N) is 1. The third-order valence-corrected chi connectivity index (χ3v) is 8.04. The van der Waals surface area contributed by atoms with Gasteiger partial charge in [0.1, 0.15) is 17.7 Å². The van der Waals surface area contributed by atoms with Crippen molar-refractivity contribution in [3.8, 4) is 11.1 Å². The van der Waals surface area contributed by atoms with Crippen molar-refractivity contribution >= 4 is 17.3 Å². The van der Waals surface area contributed by atoms with Crippen LogP contribution in [0.3, 0.4) is 0 Å². The van der Waals surface area contributed by atoms with Crippen molar-refractivity contribution in [2.24, 2.45) is 11.7 Å². The quantitative estimate of drug-likeness (QED) is 0.336. The molecule has 1 aromatic carbocycles. The lowest BCUT2D eigenvalue weighted by Crippen LogP contribution is -2.47. The van der Waals surface area contributed by atoms with Crippen molar-refractivity contribution in [2.75, 3.05) is 36.0 Å². The van der Waals surface area contributed by atoms with E-state index >= 15 is 0 Å². The molecule has 1 aliphatic carbocycles. The molecule has 40 heavy (non-hydrogen) atoms. The van der Waals surface area contributed by atoms with Gasteiger partial charge in [-0.3, -0.25) is 4.68 Å². The molecule has 2 N–H and O–H groups in total. The maximum atomic E-state index is 13.4. The first-order chi connectivity index (χ1) is 19.4. The number of nitrogens with zero attached hydrogens (tertiary/aromatic N) is 9. The molecule has 11 heteroatoms. The summed E-state index contributed by atoms with van der Waals surface area (Å²) in [5.74, 6) is 2.07. The Morgan fingerprint density at radius 3 is 2.33 bits per heavy atom. The van der Waals surface area contributed by atoms with Gasteiger partial charge in [-0.2, -0.15) is 10.2 Å². The summed E-state index contributed by atoms with van der Waals surface area (Å²) < 4.78 is 17.3. The molecule has 1 aliphatic heterocycles. The fourth-order valence-corrected chi connectivity index (χ4v) is 5.33. The molecule has 0 spiro atoms. The van der Waals surface area contributed by atoms with Crippen LogP contribution < -0.4 is 15.5 Å². The highest BCUT2D eigenvalue weighted by Crippen LogP contribution is 2.32. The Balaban J connectivity index is 1.04. The minimum Gasteiger partial charge on any atom is -0.351 e. The monoisotopic (exact) mass is 538 g/mol. The molecule has 1 saturated heterocycles. The first kappa shape index (κ1) is 24.6. The van der Waals surface area contributed by atoms with Crippen LogP contribution in [0.25, 0.3) is 16.6 Å². The van der Waals surface area contributed by atoms with Gasteiger partial charge in [-0.1, -0.05) is 12.1 Å². The standard InChI is InChI=1S/C29H31FN10/c1-29(31,23-4-6-25(30)7-5-23)24-14-32-28(33-15-24)38-10-8-37(9-11-38)27-26-12-21(18-40(26)36-19-34-27)22-13-35-39(17-22)16-20-2-3-20/h4-7,12-15,17-20H,2-3,8-11,16,31H2,1H3. The summed E-state index contributed by atoms with van der Waals surface area (Å²) >= 11 is 0. The number of fused-ring (bicyclic) bond motifs is 1. The van der Waals surface area contributed by atoms with Crippen molar-refractivity contribution in [1.29, 1.82) is 0 Å². The minimum atomic E-state index is -0.824. The maximum Gasteiger partial charge on any atom is 0.225 e. The van der Waals surface area contributed by atoms with E-state index in [-0.39, 0.29) is 5.82 Å². The Morgan fingerprint density at radius 1 is 0.875 bits per heavy atom. The number of piperazine rings is 1. The highest BCUT2D eigenvalue weighted by atomic mass is 19.1. The first-order valence-electron chi connectivity index (χ1n) is 13.7. The molecule has 0 bridgehead atoms. The van der Waals surface area contributed by atoms with Gasteiger partial charge >= 0.3 is 0 Å². The molecule has 2 aliphatic rings. The number of aromatic nitrogens is 7. The second-order valence-corrected chi connectivity index (χ2v) is 11.0. The number of hydrogen-bond donors (Lipinski definition) is 1. The molecule has 7 rings (SSSR count). The van der Waals surface area contributed by atoms with Crippen molar-refractivity contribution in [1.82, 2.24) is 34.3 Å². The molecule has 1 unspecified atom stereocenters. The molecule has 204 valence electrons. The van der Waals surface area contributed by atoms with Gasteiger partial charge in [-0.05, 0) is 49.4 Å². The predicted molar refractivity (Wildman–Crippen MR) is 150 cm³/mol. The fourth-order valence-electron chi connectivity index (χ4n) is 5.33. The van der Waals surface area contributed by atoms with Gasteiger partial charge in [-0.15, -0.1) is 0 Å². The Kier molecular flexibility index (Phi) is 5.96. The topological polar surface area (TPSA) is 106 Å². The molecule has 0 amide bonds. The van der Waals surface area contributed by atoms with E-state index < -0.39 is 5.54 Å². The Bertz CT molecular complexity index is 1630. The van der Waals surface area contributed by atoms with Crippen LogP contribution in [-0.4, -0.2) is 60.5 Å². The number of anilines is 2. The zero-order chi connectivity index (χ0) is 27.3. The number of hydrogen-bond acceptors (Lipinski definition) is 8. The number of halogens is 1.